The molecule has 0 aromatic heterocycles. The molecule has 0 radical (unpaired) electrons. The van der Waals surface area contributed by atoms with Crippen molar-refractivity contribution in [2.45, 2.75) is 156 Å². The van der Waals surface area contributed by atoms with E-state index in [-0.39, 0.29) is 5.92 Å². The van der Waals surface area contributed by atoms with Crippen molar-refractivity contribution in [1.29, 1.82) is 0 Å². The molecular weight excluding hydrogens is 388 g/mol. The molecule has 4 heteroatoms. The first kappa shape index (κ1) is 32.1. The van der Waals surface area contributed by atoms with Crippen molar-refractivity contribution in [1.82, 2.24) is 0 Å². The van der Waals surface area contributed by atoms with Gasteiger partial charge in [0.2, 0.25) is 0 Å². The SMILES string of the molecule is CCCCCCC(=O)O.CCCCCCCCCCC(CCCCCCCC)C(=O)O. The van der Waals surface area contributed by atoms with Crippen LogP contribution in [0.5, 0.6) is 0 Å². The fraction of sp³-hybridized carbons (Fsp3) is 0.926. The Kier molecular flexibility index (Phi) is 28.0. The van der Waals surface area contributed by atoms with Gasteiger partial charge in [-0.3, -0.25) is 9.59 Å². The largest absolute Gasteiger partial charge is 0.481 e. The van der Waals surface area contributed by atoms with Crippen molar-refractivity contribution < 1.29 is 19.8 Å². The van der Waals surface area contributed by atoms with Crippen molar-refractivity contribution >= 4 is 11.9 Å². The summed E-state index contributed by atoms with van der Waals surface area (Å²) in [6, 6.07) is 0. The minimum atomic E-state index is -0.675. The summed E-state index contributed by atoms with van der Waals surface area (Å²) < 4.78 is 0. The second-order valence-corrected chi connectivity index (χ2v) is 9.06. The smallest absolute Gasteiger partial charge is 0.306 e. The Morgan fingerprint density at radius 3 is 1.16 bits per heavy atom. The molecule has 0 fully saturated rings. The highest BCUT2D eigenvalue weighted by Crippen LogP contribution is 2.19. The van der Waals surface area contributed by atoms with Crippen LogP contribution in [-0.2, 0) is 9.59 Å². The van der Waals surface area contributed by atoms with Gasteiger partial charge in [0.15, 0.2) is 0 Å². The summed E-state index contributed by atoms with van der Waals surface area (Å²) in [5.74, 6) is -1.34. The molecule has 0 saturated heterocycles. The molecule has 0 heterocycles. The highest BCUT2D eigenvalue weighted by molar-refractivity contribution is 5.69. The van der Waals surface area contributed by atoms with Crippen LogP contribution in [0, 0.1) is 5.92 Å². The van der Waals surface area contributed by atoms with Gasteiger partial charge in [0, 0.05) is 6.42 Å². The van der Waals surface area contributed by atoms with E-state index in [1.54, 1.807) is 0 Å². The summed E-state index contributed by atoms with van der Waals surface area (Å²) >= 11 is 0. The number of carboxylic acids is 2. The molecule has 0 bridgehead atoms. The molecule has 2 N–H and O–H groups in total. The zero-order chi connectivity index (χ0) is 23.6. The molecule has 0 aliphatic heterocycles. The van der Waals surface area contributed by atoms with E-state index in [9.17, 15) is 14.7 Å². The third kappa shape index (κ3) is 28.9. The average molecular weight is 443 g/mol. The van der Waals surface area contributed by atoms with Crippen LogP contribution in [0.15, 0.2) is 0 Å². The molecule has 31 heavy (non-hydrogen) atoms. The van der Waals surface area contributed by atoms with Gasteiger partial charge in [-0.05, 0) is 19.3 Å². The van der Waals surface area contributed by atoms with Crippen molar-refractivity contribution in [3.63, 3.8) is 0 Å². The Morgan fingerprint density at radius 1 is 0.516 bits per heavy atom. The summed E-state index contributed by atoms with van der Waals surface area (Å²) in [5, 5.41) is 17.5. The Morgan fingerprint density at radius 2 is 0.839 bits per heavy atom. The van der Waals surface area contributed by atoms with Crippen LogP contribution in [0.3, 0.4) is 0 Å². The van der Waals surface area contributed by atoms with Gasteiger partial charge < -0.3 is 10.2 Å². The summed E-state index contributed by atoms with van der Waals surface area (Å²) in [5.41, 5.74) is 0. The van der Waals surface area contributed by atoms with E-state index in [2.05, 4.69) is 20.8 Å². The molecule has 0 aromatic rings. The van der Waals surface area contributed by atoms with Crippen LogP contribution >= 0.6 is 0 Å². The third-order valence-corrected chi connectivity index (χ3v) is 5.91. The Bertz CT molecular complexity index is 381. The van der Waals surface area contributed by atoms with Crippen molar-refractivity contribution in [2.75, 3.05) is 0 Å². The predicted molar refractivity (Wildman–Crippen MR) is 133 cm³/mol. The van der Waals surface area contributed by atoms with Crippen LogP contribution in [-0.4, -0.2) is 22.2 Å². The van der Waals surface area contributed by atoms with E-state index in [4.69, 9.17) is 5.11 Å². The van der Waals surface area contributed by atoms with Gasteiger partial charge in [-0.1, -0.05) is 130 Å². The lowest BCUT2D eigenvalue weighted by Gasteiger charge is -2.12. The van der Waals surface area contributed by atoms with E-state index in [0.29, 0.717) is 6.42 Å². The van der Waals surface area contributed by atoms with Crippen LogP contribution in [0.2, 0.25) is 0 Å². The van der Waals surface area contributed by atoms with Gasteiger partial charge in [0.1, 0.15) is 0 Å². The number of unbranched alkanes of at least 4 members (excludes halogenated alkanes) is 15. The monoisotopic (exact) mass is 442 g/mol. The van der Waals surface area contributed by atoms with Crippen LogP contribution in [0.4, 0.5) is 0 Å². The molecule has 1 atom stereocenters. The lowest BCUT2D eigenvalue weighted by molar-refractivity contribution is -0.142. The zero-order valence-corrected chi connectivity index (χ0v) is 21.1. The molecular formula is C27H54O4. The number of carbonyl (C=O) groups is 2. The second-order valence-electron chi connectivity index (χ2n) is 9.06. The zero-order valence-electron chi connectivity index (χ0n) is 21.1. The second kappa shape index (κ2) is 27.0. The Hall–Kier alpha value is -1.06. The molecule has 186 valence electrons. The molecule has 0 aromatic carbocycles. The third-order valence-electron chi connectivity index (χ3n) is 5.91. The van der Waals surface area contributed by atoms with Gasteiger partial charge in [0.25, 0.3) is 0 Å². The van der Waals surface area contributed by atoms with E-state index in [1.165, 1.54) is 83.5 Å². The fourth-order valence-electron chi connectivity index (χ4n) is 3.79. The maximum absolute atomic E-state index is 11.3. The summed E-state index contributed by atoms with van der Waals surface area (Å²) in [6.07, 6.45) is 24.1. The highest BCUT2D eigenvalue weighted by atomic mass is 16.4. The first-order chi connectivity index (χ1) is 15.0. The van der Waals surface area contributed by atoms with Crippen molar-refractivity contribution in [3.8, 4) is 0 Å². The fourth-order valence-corrected chi connectivity index (χ4v) is 3.79. The van der Waals surface area contributed by atoms with E-state index in [1.807, 2.05) is 0 Å². The molecule has 0 spiro atoms. The van der Waals surface area contributed by atoms with E-state index < -0.39 is 11.9 Å². The predicted octanol–water partition coefficient (Wildman–Crippen LogP) is 9.01. The minimum Gasteiger partial charge on any atom is -0.481 e. The van der Waals surface area contributed by atoms with Gasteiger partial charge in [-0.2, -0.15) is 0 Å². The lowest BCUT2D eigenvalue weighted by Crippen LogP contribution is -2.13. The van der Waals surface area contributed by atoms with Gasteiger partial charge >= 0.3 is 11.9 Å². The average Bonchev–Trinajstić information content (AvgIpc) is 2.74. The van der Waals surface area contributed by atoms with Crippen LogP contribution in [0.1, 0.15) is 156 Å². The van der Waals surface area contributed by atoms with Crippen LogP contribution in [0.25, 0.3) is 0 Å². The summed E-state index contributed by atoms with van der Waals surface area (Å²) in [7, 11) is 0. The maximum Gasteiger partial charge on any atom is 0.306 e. The van der Waals surface area contributed by atoms with E-state index in [0.717, 1.165) is 44.9 Å². The van der Waals surface area contributed by atoms with Crippen LogP contribution < -0.4 is 0 Å². The molecule has 0 aliphatic carbocycles. The first-order valence-corrected chi connectivity index (χ1v) is 13.4. The molecule has 0 amide bonds. The molecule has 4 nitrogen and oxygen atoms in total. The molecule has 1 unspecified atom stereocenters. The van der Waals surface area contributed by atoms with Gasteiger partial charge in [-0.25, -0.2) is 0 Å². The van der Waals surface area contributed by atoms with Gasteiger partial charge in [0.05, 0.1) is 5.92 Å². The van der Waals surface area contributed by atoms with Gasteiger partial charge in [-0.15, -0.1) is 0 Å². The van der Waals surface area contributed by atoms with Crippen molar-refractivity contribution in [3.05, 3.63) is 0 Å². The topological polar surface area (TPSA) is 74.6 Å². The maximum atomic E-state index is 11.3. The number of rotatable bonds is 22. The van der Waals surface area contributed by atoms with E-state index >= 15 is 0 Å². The molecule has 0 saturated carbocycles. The Balaban J connectivity index is 0. The van der Waals surface area contributed by atoms with Crippen molar-refractivity contribution in [2.24, 2.45) is 5.92 Å². The Labute approximate surface area is 193 Å². The minimum absolute atomic E-state index is 0.0914. The quantitative estimate of drug-likeness (QED) is 0.164. The number of hydrogen-bond acceptors (Lipinski definition) is 2. The summed E-state index contributed by atoms with van der Waals surface area (Å²) in [4.78, 5) is 21.3. The summed E-state index contributed by atoms with van der Waals surface area (Å²) in [6.45, 7) is 6.58. The first-order valence-electron chi connectivity index (χ1n) is 13.4. The standard InChI is InChI=1S/C20H40O2.C7H14O2/c1-3-5-7-9-11-12-14-16-18-19(20(21)22)17-15-13-10-8-6-4-2;1-2-3-4-5-6-7(8)9/h19H,3-18H2,1-2H3,(H,21,22);2-6H2,1H3,(H,8,9). The lowest BCUT2D eigenvalue weighted by atomic mass is 9.94. The highest BCUT2D eigenvalue weighted by Gasteiger charge is 2.16. The molecule has 0 rings (SSSR count). The molecule has 0 aliphatic rings. The number of aliphatic carboxylic acids is 2. The normalized spacial score (nSPS) is 11.6. The number of hydrogen-bond donors (Lipinski definition) is 2. The number of carboxylic acid groups (broad SMARTS) is 2.